The van der Waals surface area contributed by atoms with Gasteiger partial charge < -0.3 is 25.3 Å². The van der Waals surface area contributed by atoms with E-state index in [2.05, 4.69) is 10.6 Å². The van der Waals surface area contributed by atoms with Crippen molar-refractivity contribution in [1.82, 2.24) is 15.1 Å². The van der Waals surface area contributed by atoms with Crippen molar-refractivity contribution >= 4 is 23.2 Å². The highest BCUT2D eigenvalue weighted by atomic mass is 19.4. The number of hydrogen-bond acceptors (Lipinski definition) is 5. The maximum absolute atomic E-state index is 13.6. The van der Waals surface area contributed by atoms with Crippen molar-refractivity contribution in [1.29, 1.82) is 0 Å². The van der Waals surface area contributed by atoms with Crippen LogP contribution in [-0.4, -0.2) is 74.0 Å². The molecule has 0 bridgehead atoms. The third kappa shape index (κ3) is 7.44. The van der Waals surface area contributed by atoms with E-state index in [0.717, 1.165) is 31.1 Å². The van der Waals surface area contributed by atoms with Crippen molar-refractivity contribution in [3.05, 3.63) is 59.2 Å². The first-order chi connectivity index (χ1) is 18.5. The molecule has 0 atom stereocenters. The van der Waals surface area contributed by atoms with Crippen LogP contribution in [0.25, 0.3) is 0 Å². The van der Waals surface area contributed by atoms with E-state index in [1.54, 1.807) is 12.1 Å². The van der Waals surface area contributed by atoms with Gasteiger partial charge in [0, 0.05) is 52.4 Å². The highest BCUT2D eigenvalue weighted by molar-refractivity contribution is 6.03. The first kappa shape index (κ1) is 28.7. The number of rotatable bonds is 11. The molecule has 2 aliphatic rings. The Kier molecular flexibility index (Phi) is 9.04. The number of alkyl halides is 3. The highest BCUT2D eigenvalue weighted by Gasteiger charge is 2.34. The SMILES string of the molecule is CC(C)NCCN(Cc1ccccc1C(F)(F)F)C(=O)CNc1cccc2c1N(C)CCN(CC1CC1)C2=O. The van der Waals surface area contributed by atoms with Crippen LogP contribution in [-0.2, 0) is 17.5 Å². The van der Waals surface area contributed by atoms with Crippen molar-refractivity contribution < 1.29 is 22.8 Å². The topological polar surface area (TPSA) is 67.9 Å². The van der Waals surface area contributed by atoms with Crippen molar-refractivity contribution in [2.45, 2.75) is 45.5 Å². The highest BCUT2D eigenvalue weighted by Crippen LogP contribution is 2.35. The number of amides is 2. The quantitative estimate of drug-likeness (QED) is 0.437. The minimum atomic E-state index is -4.51. The Labute approximate surface area is 228 Å². The Balaban J connectivity index is 1.51. The predicted octanol–water partition coefficient (Wildman–Crippen LogP) is 4.45. The second kappa shape index (κ2) is 12.3. The van der Waals surface area contributed by atoms with E-state index in [1.165, 1.54) is 17.0 Å². The molecule has 1 heterocycles. The van der Waals surface area contributed by atoms with Gasteiger partial charge in [0.1, 0.15) is 0 Å². The van der Waals surface area contributed by atoms with Gasteiger partial charge in [-0.2, -0.15) is 13.2 Å². The first-order valence-corrected chi connectivity index (χ1v) is 13.6. The van der Waals surface area contributed by atoms with Gasteiger partial charge >= 0.3 is 6.18 Å². The van der Waals surface area contributed by atoms with Gasteiger partial charge in [0.25, 0.3) is 5.91 Å². The lowest BCUT2D eigenvalue weighted by molar-refractivity contribution is -0.139. The van der Waals surface area contributed by atoms with Gasteiger partial charge in [0.05, 0.1) is 29.0 Å². The maximum Gasteiger partial charge on any atom is 0.416 e. The van der Waals surface area contributed by atoms with E-state index in [-0.39, 0.29) is 43.1 Å². The molecule has 7 nitrogen and oxygen atoms in total. The summed E-state index contributed by atoms with van der Waals surface area (Å²) in [5.74, 6) is 0.243. The molecule has 0 radical (unpaired) electrons. The summed E-state index contributed by atoms with van der Waals surface area (Å²) in [6.07, 6.45) is -2.19. The van der Waals surface area contributed by atoms with E-state index < -0.39 is 11.7 Å². The van der Waals surface area contributed by atoms with Crippen LogP contribution in [0.3, 0.4) is 0 Å². The monoisotopic (exact) mass is 545 g/mol. The average molecular weight is 546 g/mol. The molecule has 0 unspecified atom stereocenters. The van der Waals surface area contributed by atoms with Crippen LogP contribution >= 0.6 is 0 Å². The zero-order valence-electron chi connectivity index (χ0n) is 22.9. The molecule has 1 aliphatic heterocycles. The van der Waals surface area contributed by atoms with Crippen molar-refractivity contribution in [2.75, 3.05) is 56.5 Å². The number of para-hydroxylation sites is 1. The van der Waals surface area contributed by atoms with Gasteiger partial charge in [-0.05, 0) is 42.5 Å². The minimum absolute atomic E-state index is 0.0126. The van der Waals surface area contributed by atoms with E-state index >= 15 is 0 Å². The summed E-state index contributed by atoms with van der Waals surface area (Å²) in [4.78, 5) is 32.1. The lowest BCUT2D eigenvalue weighted by Gasteiger charge is -2.27. The number of benzene rings is 2. The predicted molar refractivity (Wildman–Crippen MR) is 147 cm³/mol. The molecule has 0 aromatic heterocycles. The summed E-state index contributed by atoms with van der Waals surface area (Å²) >= 11 is 0. The molecule has 39 heavy (non-hydrogen) atoms. The summed E-state index contributed by atoms with van der Waals surface area (Å²) in [6.45, 7) is 6.44. The van der Waals surface area contributed by atoms with Crippen LogP contribution in [0.2, 0.25) is 0 Å². The van der Waals surface area contributed by atoms with Gasteiger partial charge in [-0.3, -0.25) is 9.59 Å². The summed E-state index contributed by atoms with van der Waals surface area (Å²) in [7, 11) is 1.93. The number of anilines is 2. The van der Waals surface area contributed by atoms with Crippen LogP contribution < -0.4 is 15.5 Å². The van der Waals surface area contributed by atoms with Crippen molar-refractivity contribution in [3.63, 3.8) is 0 Å². The van der Waals surface area contributed by atoms with Gasteiger partial charge in [-0.1, -0.05) is 38.1 Å². The molecule has 2 N–H and O–H groups in total. The number of nitrogens with one attached hydrogen (secondary N) is 2. The Bertz CT molecular complexity index is 1170. The van der Waals surface area contributed by atoms with Crippen LogP contribution in [0.4, 0.5) is 24.5 Å². The number of carbonyl (C=O) groups is 2. The van der Waals surface area contributed by atoms with Gasteiger partial charge in [0.15, 0.2) is 0 Å². The Morgan fingerprint density at radius 2 is 1.85 bits per heavy atom. The summed E-state index contributed by atoms with van der Waals surface area (Å²) in [5.41, 5.74) is 1.30. The smallest absolute Gasteiger partial charge is 0.374 e. The normalized spacial score (nSPS) is 15.8. The van der Waals surface area contributed by atoms with Crippen LogP contribution in [0.15, 0.2) is 42.5 Å². The van der Waals surface area contributed by atoms with E-state index in [1.807, 2.05) is 42.8 Å². The minimum Gasteiger partial charge on any atom is -0.374 e. The molecule has 2 aromatic rings. The molecule has 0 spiro atoms. The molecule has 1 fully saturated rings. The molecule has 0 saturated heterocycles. The van der Waals surface area contributed by atoms with Crippen LogP contribution in [0, 0.1) is 5.92 Å². The van der Waals surface area contributed by atoms with Gasteiger partial charge in [0.2, 0.25) is 5.91 Å². The number of nitrogens with zero attached hydrogens (tertiary/aromatic N) is 3. The largest absolute Gasteiger partial charge is 0.416 e. The van der Waals surface area contributed by atoms with Crippen LogP contribution in [0.5, 0.6) is 0 Å². The standard InChI is InChI=1S/C29H38F3N5O2/c1-20(2)33-13-14-36(19-22-7-4-5-9-24(22)29(30,31)32)26(38)17-34-25-10-6-8-23-27(25)35(3)15-16-37(28(23)39)18-21-11-12-21/h4-10,20-21,33-34H,11-19H2,1-3H3. The fraction of sp³-hybridized carbons (Fsp3) is 0.517. The lowest BCUT2D eigenvalue weighted by atomic mass is 10.1. The summed E-state index contributed by atoms with van der Waals surface area (Å²) < 4.78 is 40.9. The second-order valence-corrected chi connectivity index (χ2v) is 10.8. The molecular weight excluding hydrogens is 507 g/mol. The molecule has 2 aromatic carbocycles. The van der Waals surface area contributed by atoms with E-state index in [9.17, 15) is 22.8 Å². The van der Waals surface area contributed by atoms with E-state index in [0.29, 0.717) is 36.8 Å². The van der Waals surface area contributed by atoms with E-state index in [4.69, 9.17) is 0 Å². The molecule has 2 amide bonds. The van der Waals surface area contributed by atoms with Gasteiger partial charge in [-0.15, -0.1) is 0 Å². The molecule has 212 valence electrons. The first-order valence-electron chi connectivity index (χ1n) is 13.6. The Morgan fingerprint density at radius 3 is 2.54 bits per heavy atom. The molecular formula is C29H38F3N5O2. The number of likely N-dealkylation sites (N-methyl/N-ethyl adjacent to an activating group) is 1. The summed E-state index contributed by atoms with van der Waals surface area (Å²) in [6, 6.07) is 11.0. The number of hydrogen-bond donors (Lipinski definition) is 2. The molecule has 4 rings (SSSR count). The lowest BCUT2D eigenvalue weighted by Crippen LogP contribution is -2.41. The second-order valence-electron chi connectivity index (χ2n) is 10.8. The summed E-state index contributed by atoms with van der Waals surface area (Å²) in [5, 5.41) is 6.41. The third-order valence-electron chi connectivity index (χ3n) is 7.22. The molecule has 10 heteroatoms. The molecule has 1 aliphatic carbocycles. The average Bonchev–Trinajstić information content (AvgIpc) is 3.72. The van der Waals surface area contributed by atoms with Crippen LogP contribution in [0.1, 0.15) is 48.2 Å². The fourth-order valence-corrected chi connectivity index (χ4v) is 4.91. The Morgan fingerprint density at radius 1 is 1.10 bits per heavy atom. The molecule has 1 saturated carbocycles. The maximum atomic E-state index is 13.6. The third-order valence-corrected chi connectivity index (χ3v) is 7.22. The Hall–Kier alpha value is -3.27. The number of carbonyl (C=O) groups excluding carboxylic acids is 2. The fourth-order valence-electron chi connectivity index (χ4n) is 4.91. The number of fused-ring (bicyclic) bond motifs is 1. The zero-order chi connectivity index (χ0) is 28.2. The number of halogens is 3. The zero-order valence-corrected chi connectivity index (χ0v) is 22.9. The van der Waals surface area contributed by atoms with Gasteiger partial charge in [-0.25, -0.2) is 0 Å². The van der Waals surface area contributed by atoms with Crippen molar-refractivity contribution in [2.24, 2.45) is 5.92 Å². The van der Waals surface area contributed by atoms with Crippen molar-refractivity contribution in [3.8, 4) is 0 Å².